The lowest BCUT2D eigenvalue weighted by molar-refractivity contribution is -0.141. The summed E-state index contributed by atoms with van der Waals surface area (Å²) < 4.78 is 4.42. The Balaban J connectivity index is 2.11. The Morgan fingerprint density at radius 1 is 1.41 bits per heavy atom. The van der Waals surface area contributed by atoms with E-state index < -0.39 is 5.97 Å². The Morgan fingerprint density at radius 2 is 2.06 bits per heavy atom. The number of carbonyl (C=O) groups is 3. The smallest absolute Gasteiger partial charge is 0.317 e. The Bertz CT molecular complexity index is 312. The van der Waals surface area contributed by atoms with E-state index in [4.69, 9.17) is 5.11 Å². The van der Waals surface area contributed by atoms with Crippen LogP contribution in [-0.2, 0) is 14.3 Å². The number of carbonyl (C=O) groups excluding carboxylic acids is 2. The first-order valence-corrected chi connectivity index (χ1v) is 5.34. The number of carboxylic acid groups (broad SMARTS) is 1. The van der Waals surface area contributed by atoms with Gasteiger partial charge in [0, 0.05) is 25.6 Å². The van der Waals surface area contributed by atoms with E-state index in [1.807, 2.05) is 0 Å². The average molecular weight is 244 g/mol. The topological polar surface area (TPSA) is 95.9 Å². The predicted octanol–water partition coefficient (Wildman–Crippen LogP) is -0.334. The minimum absolute atomic E-state index is 0.0406. The minimum atomic E-state index is -0.847. The second kappa shape index (κ2) is 6.07. The van der Waals surface area contributed by atoms with Crippen molar-refractivity contribution in [1.82, 2.24) is 10.2 Å². The van der Waals surface area contributed by atoms with Gasteiger partial charge in [-0.2, -0.15) is 0 Å². The third-order valence-corrected chi connectivity index (χ3v) is 2.54. The van der Waals surface area contributed by atoms with Crippen molar-refractivity contribution in [2.75, 3.05) is 26.7 Å². The normalized spacial score (nSPS) is 15.0. The van der Waals surface area contributed by atoms with Crippen LogP contribution in [0.4, 0.5) is 4.79 Å². The van der Waals surface area contributed by atoms with Crippen molar-refractivity contribution >= 4 is 18.0 Å². The summed E-state index contributed by atoms with van der Waals surface area (Å²) in [4.78, 5) is 34.1. The lowest BCUT2D eigenvalue weighted by Crippen LogP contribution is -2.54. The molecule has 0 bridgehead atoms. The minimum Gasteiger partial charge on any atom is -0.481 e. The number of nitrogens with zero attached hydrogens (tertiary/aromatic N) is 1. The van der Waals surface area contributed by atoms with Crippen molar-refractivity contribution in [3.8, 4) is 0 Å². The van der Waals surface area contributed by atoms with E-state index in [2.05, 4.69) is 10.1 Å². The fourth-order valence-electron chi connectivity index (χ4n) is 1.60. The summed E-state index contributed by atoms with van der Waals surface area (Å²) in [5.74, 6) is -1.18. The van der Waals surface area contributed by atoms with Gasteiger partial charge in [-0.05, 0) is 0 Å². The van der Waals surface area contributed by atoms with Gasteiger partial charge in [0.25, 0.3) is 0 Å². The molecule has 0 aliphatic carbocycles. The number of aliphatic carboxylic acids is 1. The first-order chi connectivity index (χ1) is 8.02. The molecule has 1 heterocycles. The number of amides is 2. The predicted molar refractivity (Wildman–Crippen MR) is 57.3 cm³/mol. The number of ether oxygens (including phenoxy) is 1. The van der Waals surface area contributed by atoms with Crippen molar-refractivity contribution in [3.63, 3.8) is 0 Å². The van der Waals surface area contributed by atoms with E-state index in [1.165, 1.54) is 12.0 Å². The highest BCUT2D eigenvalue weighted by atomic mass is 16.5. The van der Waals surface area contributed by atoms with Gasteiger partial charge < -0.3 is 20.1 Å². The van der Waals surface area contributed by atoms with Gasteiger partial charge in [0.15, 0.2) is 0 Å². The molecule has 17 heavy (non-hydrogen) atoms. The second-order valence-electron chi connectivity index (χ2n) is 3.93. The molecule has 1 aliphatic rings. The lowest BCUT2D eigenvalue weighted by Gasteiger charge is -2.38. The van der Waals surface area contributed by atoms with E-state index >= 15 is 0 Å². The number of methoxy groups -OCH3 is 1. The molecule has 1 rings (SSSR count). The Kier molecular flexibility index (Phi) is 4.74. The SMILES string of the molecule is COC(=O)CCNC(=O)N1CC(CC(=O)O)C1. The molecule has 0 aromatic heterocycles. The average Bonchev–Trinajstić information content (AvgIpc) is 2.21. The van der Waals surface area contributed by atoms with Gasteiger partial charge in [-0.3, -0.25) is 9.59 Å². The molecule has 2 N–H and O–H groups in total. The van der Waals surface area contributed by atoms with E-state index in [9.17, 15) is 14.4 Å². The molecule has 0 spiro atoms. The van der Waals surface area contributed by atoms with Gasteiger partial charge in [-0.1, -0.05) is 0 Å². The molecule has 1 saturated heterocycles. The molecule has 7 heteroatoms. The summed E-state index contributed by atoms with van der Waals surface area (Å²) in [6.45, 7) is 1.14. The van der Waals surface area contributed by atoms with Crippen molar-refractivity contribution < 1.29 is 24.2 Å². The number of nitrogens with one attached hydrogen (secondary N) is 1. The number of rotatable bonds is 5. The second-order valence-corrected chi connectivity index (χ2v) is 3.93. The van der Waals surface area contributed by atoms with Crippen LogP contribution in [0.15, 0.2) is 0 Å². The molecule has 0 aromatic rings. The zero-order valence-electron chi connectivity index (χ0n) is 9.64. The zero-order chi connectivity index (χ0) is 12.8. The van der Waals surface area contributed by atoms with Crippen LogP contribution in [0.5, 0.6) is 0 Å². The molecule has 0 radical (unpaired) electrons. The summed E-state index contributed by atoms with van der Waals surface area (Å²) in [6.07, 6.45) is 0.223. The van der Waals surface area contributed by atoms with Crippen LogP contribution in [0.1, 0.15) is 12.8 Å². The first-order valence-electron chi connectivity index (χ1n) is 5.34. The highest BCUT2D eigenvalue weighted by Gasteiger charge is 2.31. The lowest BCUT2D eigenvalue weighted by atomic mass is 9.97. The fourth-order valence-corrected chi connectivity index (χ4v) is 1.60. The van der Waals surface area contributed by atoms with Crippen LogP contribution in [-0.4, -0.2) is 54.7 Å². The molecular formula is C10H16N2O5. The number of urea groups is 1. The van der Waals surface area contributed by atoms with Crippen LogP contribution >= 0.6 is 0 Å². The van der Waals surface area contributed by atoms with Crippen molar-refractivity contribution in [2.24, 2.45) is 5.92 Å². The van der Waals surface area contributed by atoms with E-state index in [0.717, 1.165) is 0 Å². The van der Waals surface area contributed by atoms with Crippen molar-refractivity contribution in [1.29, 1.82) is 0 Å². The highest BCUT2D eigenvalue weighted by molar-refractivity contribution is 5.76. The van der Waals surface area contributed by atoms with Gasteiger partial charge in [-0.15, -0.1) is 0 Å². The molecule has 0 saturated carbocycles. The quantitative estimate of drug-likeness (QED) is 0.645. The molecule has 7 nitrogen and oxygen atoms in total. The molecule has 0 atom stereocenters. The van der Waals surface area contributed by atoms with Crippen LogP contribution in [0, 0.1) is 5.92 Å². The summed E-state index contributed by atoms with van der Waals surface area (Å²) in [5.41, 5.74) is 0. The monoisotopic (exact) mass is 244 g/mol. The molecule has 0 aromatic carbocycles. The number of hydrogen-bond acceptors (Lipinski definition) is 4. The third-order valence-electron chi connectivity index (χ3n) is 2.54. The van der Waals surface area contributed by atoms with Crippen LogP contribution in [0.25, 0.3) is 0 Å². The summed E-state index contributed by atoms with van der Waals surface area (Å²) in [7, 11) is 1.29. The van der Waals surface area contributed by atoms with Gasteiger partial charge in [-0.25, -0.2) is 4.79 Å². The standard InChI is InChI=1S/C10H16N2O5/c1-17-9(15)2-3-11-10(16)12-5-7(6-12)4-8(13)14/h7H,2-6H2,1H3,(H,11,16)(H,13,14). The Hall–Kier alpha value is -1.79. The number of esters is 1. The Labute approximate surface area is 98.7 Å². The number of hydrogen-bond donors (Lipinski definition) is 2. The molecule has 96 valence electrons. The maximum atomic E-state index is 11.4. The number of likely N-dealkylation sites (tertiary alicyclic amines) is 1. The number of carboxylic acids is 1. The van der Waals surface area contributed by atoms with Gasteiger partial charge >= 0.3 is 18.0 Å². The summed E-state index contributed by atoms with van der Waals surface area (Å²) in [6, 6.07) is -0.268. The Morgan fingerprint density at radius 3 is 2.59 bits per heavy atom. The van der Waals surface area contributed by atoms with Crippen LogP contribution < -0.4 is 5.32 Å². The van der Waals surface area contributed by atoms with Gasteiger partial charge in [0.2, 0.25) is 0 Å². The van der Waals surface area contributed by atoms with Crippen LogP contribution in [0.3, 0.4) is 0 Å². The third kappa shape index (κ3) is 4.29. The van der Waals surface area contributed by atoms with E-state index in [0.29, 0.717) is 13.1 Å². The van der Waals surface area contributed by atoms with Crippen molar-refractivity contribution in [2.45, 2.75) is 12.8 Å². The molecular weight excluding hydrogens is 228 g/mol. The molecule has 2 amide bonds. The summed E-state index contributed by atoms with van der Waals surface area (Å²) in [5, 5.41) is 11.1. The first kappa shape index (κ1) is 13.3. The maximum absolute atomic E-state index is 11.4. The van der Waals surface area contributed by atoms with Gasteiger partial charge in [0.05, 0.1) is 20.0 Å². The zero-order valence-corrected chi connectivity index (χ0v) is 9.64. The van der Waals surface area contributed by atoms with Crippen molar-refractivity contribution in [3.05, 3.63) is 0 Å². The maximum Gasteiger partial charge on any atom is 0.317 e. The fraction of sp³-hybridized carbons (Fsp3) is 0.700. The van der Waals surface area contributed by atoms with Crippen LogP contribution in [0.2, 0.25) is 0 Å². The molecule has 0 unspecified atom stereocenters. The summed E-state index contributed by atoms with van der Waals surface area (Å²) >= 11 is 0. The molecule has 1 aliphatic heterocycles. The molecule has 1 fully saturated rings. The largest absolute Gasteiger partial charge is 0.481 e. The highest BCUT2D eigenvalue weighted by Crippen LogP contribution is 2.18. The van der Waals surface area contributed by atoms with Gasteiger partial charge in [0.1, 0.15) is 0 Å². The van der Waals surface area contributed by atoms with E-state index in [-0.39, 0.29) is 37.3 Å². The van der Waals surface area contributed by atoms with E-state index in [1.54, 1.807) is 0 Å².